The summed E-state index contributed by atoms with van der Waals surface area (Å²) in [6, 6.07) is 6.84. The van der Waals surface area contributed by atoms with Crippen LogP contribution in [-0.2, 0) is 20.7 Å². The molecule has 0 fully saturated rings. The molecule has 2 aliphatic heterocycles. The molecule has 1 aromatic rings. The monoisotopic (exact) mass is 443 g/mol. The summed E-state index contributed by atoms with van der Waals surface area (Å²) < 4.78 is 5.04. The third-order valence-electron chi connectivity index (χ3n) is 5.98. The molecule has 8 nitrogen and oxygen atoms in total. The standard InChI is InChI=1S/C25H25N5O3/c1-6-20(31)33-12-8-7-11-30-19-10-9-16(13-17(19)14-25(30,2)3)21-18(15-26)22(29-24(21)32)23(27-4)28-5/h6,9-10,13,22-23H,1,7-8,11-12,14H2,2-3H3,(H,29,32). The van der Waals surface area contributed by atoms with Gasteiger partial charge in [0.15, 0.2) is 0 Å². The number of unbranched alkanes of at least 4 members (excludes halogenated alkanes) is 1. The lowest BCUT2D eigenvalue weighted by Crippen LogP contribution is -2.41. The first-order chi connectivity index (χ1) is 15.8. The number of nitriles is 1. The van der Waals surface area contributed by atoms with E-state index in [1.165, 1.54) is 0 Å². The van der Waals surface area contributed by atoms with E-state index in [9.17, 15) is 14.9 Å². The van der Waals surface area contributed by atoms with Gasteiger partial charge in [-0.15, -0.1) is 0 Å². The van der Waals surface area contributed by atoms with E-state index in [1.807, 2.05) is 24.3 Å². The predicted molar refractivity (Wildman–Crippen MR) is 123 cm³/mol. The fourth-order valence-electron chi connectivity index (χ4n) is 4.44. The fourth-order valence-corrected chi connectivity index (χ4v) is 4.44. The molecule has 0 radical (unpaired) electrons. The lowest BCUT2D eigenvalue weighted by molar-refractivity contribution is -0.137. The zero-order valence-electron chi connectivity index (χ0n) is 18.7. The van der Waals surface area contributed by atoms with Crippen LogP contribution in [0.5, 0.6) is 0 Å². The van der Waals surface area contributed by atoms with Crippen molar-refractivity contribution in [3.8, 4) is 6.07 Å². The molecule has 1 atom stereocenters. The molecular weight excluding hydrogens is 418 g/mol. The van der Waals surface area contributed by atoms with Crippen molar-refractivity contribution in [2.45, 2.75) is 50.9 Å². The SMILES string of the molecule is [C-]#[N+]C([N+]#[C-])C1NC(=O)C(c2ccc3c(c2)CC(C)(C)N3CCCCOC(=O)C=C)=C1C#N. The van der Waals surface area contributed by atoms with Crippen LogP contribution in [0.2, 0.25) is 0 Å². The molecular formula is C25H25N5O3. The maximum absolute atomic E-state index is 12.7. The molecule has 1 N–H and O–H groups in total. The number of anilines is 1. The molecule has 1 aromatic carbocycles. The molecule has 2 heterocycles. The van der Waals surface area contributed by atoms with Gasteiger partial charge in [-0.05, 0) is 56.4 Å². The maximum Gasteiger partial charge on any atom is 0.499 e. The summed E-state index contributed by atoms with van der Waals surface area (Å²) in [4.78, 5) is 32.7. The molecule has 2 aliphatic rings. The number of ether oxygens (including phenoxy) is 1. The third kappa shape index (κ3) is 4.59. The van der Waals surface area contributed by atoms with Crippen molar-refractivity contribution in [2.75, 3.05) is 18.1 Å². The van der Waals surface area contributed by atoms with Crippen molar-refractivity contribution in [1.29, 1.82) is 5.26 Å². The van der Waals surface area contributed by atoms with Gasteiger partial charge < -0.3 is 15.0 Å². The van der Waals surface area contributed by atoms with E-state index in [4.69, 9.17) is 17.9 Å². The molecule has 0 aromatic heterocycles. The second-order valence-corrected chi connectivity index (χ2v) is 8.59. The molecule has 1 amide bonds. The Morgan fingerprint density at radius 3 is 2.79 bits per heavy atom. The van der Waals surface area contributed by atoms with Crippen LogP contribution in [0.15, 0.2) is 36.4 Å². The van der Waals surface area contributed by atoms with Gasteiger partial charge in [-0.3, -0.25) is 4.79 Å². The number of hydrogen-bond acceptors (Lipinski definition) is 5. The van der Waals surface area contributed by atoms with Crippen molar-refractivity contribution in [3.05, 3.63) is 70.4 Å². The third-order valence-corrected chi connectivity index (χ3v) is 5.98. The Labute approximate surface area is 193 Å². The van der Waals surface area contributed by atoms with Crippen LogP contribution in [0, 0.1) is 24.5 Å². The number of fused-ring (bicyclic) bond motifs is 1. The Morgan fingerprint density at radius 2 is 2.15 bits per heavy atom. The van der Waals surface area contributed by atoms with Gasteiger partial charge in [-0.2, -0.15) is 5.26 Å². The van der Waals surface area contributed by atoms with Crippen LogP contribution < -0.4 is 10.2 Å². The number of nitrogens with one attached hydrogen (secondary N) is 1. The van der Waals surface area contributed by atoms with Gasteiger partial charge in [0.2, 0.25) is 6.04 Å². The minimum absolute atomic E-state index is 0.134. The first kappa shape index (κ1) is 23.6. The summed E-state index contributed by atoms with van der Waals surface area (Å²) in [6.07, 6.45) is 2.35. The summed E-state index contributed by atoms with van der Waals surface area (Å²) in [6.45, 7) is 23.2. The van der Waals surface area contributed by atoms with Gasteiger partial charge in [-0.25, -0.2) is 27.6 Å². The van der Waals surface area contributed by atoms with Crippen LogP contribution in [-0.4, -0.2) is 42.8 Å². The van der Waals surface area contributed by atoms with Crippen LogP contribution in [0.1, 0.15) is 37.8 Å². The van der Waals surface area contributed by atoms with Crippen molar-refractivity contribution < 1.29 is 14.3 Å². The zero-order chi connectivity index (χ0) is 24.2. The maximum atomic E-state index is 12.7. The lowest BCUT2D eigenvalue weighted by atomic mass is 9.94. The van der Waals surface area contributed by atoms with E-state index in [-0.39, 0.29) is 16.7 Å². The van der Waals surface area contributed by atoms with E-state index >= 15 is 0 Å². The molecule has 0 bridgehead atoms. The molecule has 0 saturated heterocycles. The molecule has 0 spiro atoms. The molecule has 168 valence electrons. The molecule has 1 unspecified atom stereocenters. The van der Waals surface area contributed by atoms with Crippen molar-refractivity contribution in [1.82, 2.24) is 5.32 Å². The molecule has 33 heavy (non-hydrogen) atoms. The van der Waals surface area contributed by atoms with Crippen molar-refractivity contribution in [2.24, 2.45) is 0 Å². The fraction of sp³-hybridized carbons (Fsp3) is 0.400. The number of carbonyl (C=O) groups is 2. The van der Waals surface area contributed by atoms with Crippen LogP contribution in [0.4, 0.5) is 5.69 Å². The molecule has 8 heteroatoms. The number of nitrogens with zero attached hydrogens (tertiary/aromatic N) is 4. The first-order valence-corrected chi connectivity index (χ1v) is 10.7. The Balaban J connectivity index is 1.83. The highest BCUT2D eigenvalue weighted by atomic mass is 16.5. The smallest absolute Gasteiger partial charge is 0.463 e. The van der Waals surface area contributed by atoms with Gasteiger partial charge in [0.25, 0.3) is 5.91 Å². The van der Waals surface area contributed by atoms with Crippen LogP contribution >= 0.6 is 0 Å². The Hall–Kier alpha value is -4.09. The lowest BCUT2D eigenvalue weighted by Gasteiger charge is -2.34. The Kier molecular flexibility index (Phi) is 6.85. The summed E-state index contributed by atoms with van der Waals surface area (Å²) in [5.74, 6) is -0.852. The van der Waals surface area contributed by atoms with E-state index in [0.717, 1.165) is 43.1 Å². The first-order valence-electron chi connectivity index (χ1n) is 10.7. The number of hydrogen-bond donors (Lipinski definition) is 1. The largest absolute Gasteiger partial charge is 0.499 e. The predicted octanol–water partition coefficient (Wildman–Crippen LogP) is 3.28. The van der Waals surface area contributed by atoms with Gasteiger partial charge in [0, 0.05) is 23.8 Å². The van der Waals surface area contributed by atoms with Gasteiger partial charge >= 0.3 is 12.1 Å². The average Bonchev–Trinajstić information content (AvgIpc) is 3.25. The summed E-state index contributed by atoms with van der Waals surface area (Å²) in [5.41, 5.74) is 3.01. The minimum Gasteiger partial charge on any atom is -0.463 e. The average molecular weight is 444 g/mol. The highest BCUT2D eigenvalue weighted by Gasteiger charge is 2.45. The number of carbonyl (C=O) groups excluding carboxylic acids is 2. The topological polar surface area (TPSA) is 91.2 Å². The number of amides is 1. The molecule has 3 rings (SSSR count). The van der Waals surface area contributed by atoms with E-state index in [0.29, 0.717) is 12.2 Å². The van der Waals surface area contributed by atoms with Gasteiger partial charge in [-0.1, -0.05) is 12.6 Å². The van der Waals surface area contributed by atoms with Crippen LogP contribution in [0.3, 0.4) is 0 Å². The minimum atomic E-state index is -1.16. The summed E-state index contributed by atoms with van der Waals surface area (Å²) >= 11 is 0. The number of rotatable bonds is 8. The van der Waals surface area contributed by atoms with Crippen LogP contribution in [0.25, 0.3) is 15.3 Å². The second-order valence-electron chi connectivity index (χ2n) is 8.59. The van der Waals surface area contributed by atoms with Crippen molar-refractivity contribution in [3.63, 3.8) is 0 Å². The van der Waals surface area contributed by atoms with E-state index in [1.54, 1.807) is 0 Å². The summed E-state index contributed by atoms with van der Waals surface area (Å²) in [5, 5.41) is 12.3. The van der Waals surface area contributed by atoms with Gasteiger partial charge in [0.05, 0.1) is 23.8 Å². The zero-order valence-corrected chi connectivity index (χ0v) is 18.7. The van der Waals surface area contributed by atoms with E-state index in [2.05, 4.69) is 40.3 Å². The molecule has 0 aliphatic carbocycles. The molecule has 0 saturated carbocycles. The highest BCUT2D eigenvalue weighted by molar-refractivity contribution is 6.24. The van der Waals surface area contributed by atoms with E-state index < -0.39 is 24.1 Å². The summed E-state index contributed by atoms with van der Waals surface area (Å²) in [7, 11) is 0. The van der Waals surface area contributed by atoms with Crippen molar-refractivity contribution >= 4 is 23.1 Å². The number of benzene rings is 1. The highest BCUT2D eigenvalue weighted by Crippen LogP contribution is 2.41. The Morgan fingerprint density at radius 1 is 1.42 bits per heavy atom. The normalized spacial score (nSPS) is 18.2. The quantitative estimate of drug-likeness (QED) is 0.288. The Bertz CT molecular complexity index is 1130. The second kappa shape index (κ2) is 9.59. The number of esters is 1. The van der Waals surface area contributed by atoms with Gasteiger partial charge in [0.1, 0.15) is 0 Å².